The second-order valence-corrected chi connectivity index (χ2v) is 3.68. The molecule has 0 aliphatic heterocycles. The van der Waals surface area contributed by atoms with Gasteiger partial charge in [0, 0.05) is 0 Å². The van der Waals surface area contributed by atoms with Crippen molar-refractivity contribution in [1.82, 2.24) is 5.48 Å². The van der Waals surface area contributed by atoms with Gasteiger partial charge in [-0.15, -0.1) is 0 Å². The Hall–Kier alpha value is -0.860. The van der Waals surface area contributed by atoms with Gasteiger partial charge in [0.15, 0.2) is 0 Å². The van der Waals surface area contributed by atoms with Crippen LogP contribution in [0.15, 0.2) is 24.3 Å². The molecule has 0 bridgehead atoms. The van der Waals surface area contributed by atoms with Crippen molar-refractivity contribution in [1.29, 1.82) is 0 Å². The highest BCUT2D eigenvalue weighted by Gasteiger charge is 2.28. The Morgan fingerprint density at radius 2 is 2.15 bits per heavy atom. The van der Waals surface area contributed by atoms with Crippen molar-refractivity contribution in [2.24, 2.45) is 5.92 Å². The van der Waals surface area contributed by atoms with Crippen LogP contribution in [-0.2, 0) is 11.3 Å². The van der Waals surface area contributed by atoms with E-state index in [1.807, 2.05) is 0 Å². The number of nitrogens with one attached hydrogen (secondary N) is 1. The molecule has 2 atom stereocenters. The van der Waals surface area contributed by atoms with Crippen molar-refractivity contribution in [3.63, 3.8) is 0 Å². The molecule has 0 saturated carbocycles. The maximum atomic E-state index is 5.00. The lowest BCUT2D eigenvalue weighted by atomic mass is 10.0. The second-order valence-electron chi connectivity index (χ2n) is 3.68. The molecule has 0 fully saturated rings. The minimum atomic E-state index is 0.362. The minimum Gasteiger partial charge on any atom is -0.305 e. The Kier molecular flexibility index (Phi) is 2.34. The Balaban J connectivity index is 2.29. The maximum absolute atomic E-state index is 5.00. The first-order valence-corrected chi connectivity index (χ1v) is 4.69. The molecular formula is C11H15NO. The molecule has 0 saturated heterocycles. The SMILES string of the molecule is CON[C@H]1c2ccccc2C[C@H]1C. The normalized spacial score (nSPS) is 26.0. The third kappa shape index (κ3) is 1.47. The first-order valence-electron chi connectivity index (χ1n) is 4.69. The van der Waals surface area contributed by atoms with E-state index in [4.69, 9.17) is 4.84 Å². The van der Waals surface area contributed by atoms with Crippen molar-refractivity contribution >= 4 is 0 Å². The Labute approximate surface area is 78.9 Å². The number of rotatable bonds is 2. The van der Waals surface area contributed by atoms with Crippen LogP contribution in [0.5, 0.6) is 0 Å². The lowest BCUT2D eigenvalue weighted by molar-refractivity contribution is 0.0479. The van der Waals surface area contributed by atoms with E-state index in [-0.39, 0.29) is 0 Å². The molecule has 1 aliphatic carbocycles. The first kappa shape index (κ1) is 8.73. The third-order valence-corrected chi connectivity index (χ3v) is 2.75. The quantitative estimate of drug-likeness (QED) is 0.698. The Bertz CT molecular complexity index is 298. The molecule has 2 rings (SSSR count). The van der Waals surface area contributed by atoms with E-state index in [0.717, 1.165) is 6.42 Å². The van der Waals surface area contributed by atoms with Gasteiger partial charge in [0.25, 0.3) is 0 Å². The van der Waals surface area contributed by atoms with Gasteiger partial charge in [0.2, 0.25) is 0 Å². The van der Waals surface area contributed by atoms with E-state index in [2.05, 4.69) is 36.7 Å². The molecule has 70 valence electrons. The van der Waals surface area contributed by atoms with Crippen LogP contribution < -0.4 is 5.48 Å². The van der Waals surface area contributed by atoms with E-state index in [1.54, 1.807) is 7.11 Å². The van der Waals surface area contributed by atoms with Crippen LogP contribution in [0.4, 0.5) is 0 Å². The predicted molar refractivity (Wildman–Crippen MR) is 52.2 cm³/mol. The van der Waals surface area contributed by atoms with E-state index in [0.29, 0.717) is 12.0 Å². The van der Waals surface area contributed by atoms with E-state index in [1.165, 1.54) is 11.1 Å². The lowest BCUT2D eigenvalue weighted by Gasteiger charge is -2.16. The first-order chi connectivity index (χ1) is 6.33. The second kappa shape index (κ2) is 3.48. The molecule has 2 heteroatoms. The zero-order chi connectivity index (χ0) is 9.26. The average Bonchev–Trinajstić information content (AvgIpc) is 2.44. The summed E-state index contributed by atoms with van der Waals surface area (Å²) in [5.74, 6) is 0.623. The molecule has 2 nitrogen and oxygen atoms in total. The number of benzene rings is 1. The van der Waals surface area contributed by atoms with Gasteiger partial charge in [0.05, 0.1) is 13.2 Å². The number of hydrogen-bond donors (Lipinski definition) is 1. The van der Waals surface area contributed by atoms with Crippen molar-refractivity contribution in [2.75, 3.05) is 7.11 Å². The fourth-order valence-electron chi connectivity index (χ4n) is 2.10. The summed E-state index contributed by atoms with van der Waals surface area (Å²) in [7, 11) is 1.67. The molecule has 0 unspecified atom stereocenters. The molecule has 1 aromatic carbocycles. The minimum absolute atomic E-state index is 0.362. The largest absolute Gasteiger partial charge is 0.305 e. The van der Waals surface area contributed by atoms with Crippen molar-refractivity contribution in [3.8, 4) is 0 Å². The van der Waals surface area contributed by atoms with Crippen molar-refractivity contribution in [2.45, 2.75) is 19.4 Å². The maximum Gasteiger partial charge on any atom is 0.0602 e. The molecule has 1 N–H and O–H groups in total. The molecule has 0 aromatic heterocycles. The lowest BCUT2D eigenvalue weighted by Crippen LogP contribution is -2.22. The zero-order valence-corrected chi connectivity index (χ0v) is 8.08. The summed E-state index contributed by atoms with van der Waals surface area (Å²) in [6, 6.07) is 8.92. The Morgan fingerprint density at radius 1 is 1.38 bits per heavy atom. The molecule has 0 radical (unpaired) electrons. The average molecular weight is 177 g/mol. The molecule has 1 aliphatic rings. The highest BCUT2D eigenvalue weighted by atomic mass is 16.6. The van der Waals surface area contributed by atoms with Crippen LogP contribution in [0.25, 0.3) is 0 Å². The Morgan fingerprint density at radius 3 is 2.92 bits per heavy atom. The van der Waals surface area contributed by atoms with E-state index < -0.39 is 0 Å². The van der Waals surface area contributed by atoms with Gasteiger partial charge in [0.1, 0.15) is 0 Å². The molecule has 0 amide bonds. The number of fused-ring (bicyclic) bond motifs is 1. The highest BCUT2D eigenvalue weighted by Crippen LogP contribution is 2.35. The summed E-state index contributed by atoms with van der Waals surface area (Å²) in [4.78, 5) is 5.00. The van der Waals surface area contributed by atoms with Crippen molar-refractivity contribution in [3.05, 3.63) is 35.4 Å². The van der Waals surface area contributed by atoms with Crippen LogP contribution in [0.1, 0.15) is 24.1 Å². The van der Waals surface area contributed by atoms with Crippen LogP contribution in [0.3, 0.4) is 0 Å². The highest BCUT2D eigenvalue weighted by molar-refractivity contribution is 5.35. The monoisotopic (exact) mass is 177 g/mol. The van der Waals surface area contributed by atoms with Gasteiger partial charge in [-0.2, -0.15) is 5.48 Å². The van der Waals surface area contributed by atoms with Crippen LogP contribution in [-0.4, -0.2) is 7.11 Å². The molecule has 0 spiro atoms. The van der Waals surface area contributed by atoms with Gasteiger partial charge in [-0.1, -0.05) is 31.2 Å². The predicted octanol–water partition coefficient (Wildman–Crippen LogP) is 2.07. The summed E-state index contributed by atoms with van der Waals surface area (Å²) < 4.78 is 0. The van der Waals surface area contributed by atoms with Gasteiger partial charge in [-0.3, -0.25) is 0 Å². The molecule has 1 aromatic rings. The van der Waals surface area contributed by atoms with E-state index in [9.17, 15) is 0 Å². The summed E-state index contributed by atoms with van der Waals surface area (Å²) in [6.45, 7) is 2.25. The van der Waals surface area contributed by atoms with Gasteiger partial charge in [-0.05, 0) is 23.5 Å². The molecule has 13 heavy (non-hydrogen) atoms. The fourth-order valence-corrected chi connectivity index (χ4v) is 2.10. The fraction of sp³-hybridized carbons (Fsp3) is 0.455. The standard InChI is InChI=1S/C11H15NO/c1-8-7-9-5-3-4-6-10(9)11(8)12-13-2/h3-6,8,11-12H,7H2,1-2H3/t8-,11-/m1/s1. The number of hydroxylamine groups is 1. The summed E-state index contributed by atoms with van der Waals surface area (Å²) in [5.41, 5.74) is 5.89. The smallest absolute Gasteiger partial charge is 0.0602 e. The van der Waals surface area contributed by atoms with Crippen LogP contribution in [0.2, 0.25) is 0 Å². The van der Waals surface area contributed by atoms with Gasteiger partial charge in [-0.25, -0.2) is 0 Å². The molecular weight excluding hydrogens is 162 g/mol. The summed E-state index contributed by atoms with van der Waals surface area (Å²) in [6.07, 6.45) is 1.15. The van der Waals surface area contributed by atoms with Gasteiger partial charge >= 0.3 is 0 Å². The zero-order valence-electron chi connectivity index (χ0n) is 8.08. The van der Waals surface area contributed by atoms with Crippen LogP contribution in [0, 0.1) is 5.92 Å². The van der Waals surface area contributed by atoms with E-state index >= 15 is 0 Å². The summed E-state index contributed by atoms with van der Waals surface area (Å²) >= 11 is 0. The topological polar surface area (TPSA) is 21.3 Å². The summed E-state index contributed by atoms with van der Waals surface area (Å²) in [5, 5.41) is 0. The van der Waals surface area contributed by atoms with Gasteiger partial charge < -0.3 is 4.84 Å². The molecule has 0 heterocycles. The van der Waals surface area contributed by atoms with Crippen molar-refractivity contribution < 1.29 is 4.84 Å². The number of hydrogen-bond acceptors (Lipinski definition) is 2. The third-order valence-electron chi connectivity index (χ3n) is 2.75. The van der Waals surface area contributed by atoms with Crippen LogP contribution >= 0.6 is 0 Å².